The van der Waals surface area contributed by atoms with Gasteiger partial charge in [0.1, 0.15) is 5.58 Å². The Kier molecular flexibility index (Phi) is 4.45. The Labute approximate surface area is 146 Å². The van der Waals surface area contributed by atoms with E-state index in [1.807, 2.05) is 44.2 Å². The van der Waals surface area contributed by atoms with Gasteiger partial charge in [0.05, 0.1) is 0 Å². The Morgan fingerprint density at radius 2 is 1.72 bits per heavy atom. The van der Waals surface area contributed by atoms with E-state index in [0.29, 0.717) is 16.7 Å². The van der Waals surface area contributed by atoms with Crippen LogP contribution in [0.4, 0.5) is 0 Å². The number of para-hydroxylation sites is 1. The highest BCUT2D eigenvalue weighted by atomic mass is 16.6. The zero-order chi connectivity index (χ0) is 18.1. The third-order valence-corrected chi connectivity index (χ3v) is 4.47. The van der Waals surface area contributed by atoms with Crippen molar-refractivity contribution in [2.45, 2.75) is 33.8 Å². The molecule has 0 aliphatic heterocycles. The summed E-state index contributed by atoms with van der Waals surface area (Å²) in [4.78, 5) is 25.0. The van der Waals surface area contributed by atoms with E-state index in [4.69, 9.17) is 9.15 Å². The van der Waals surface area contributed by atoms with Gasteiger partial charge in [-0.1, -0.05) is 30.3 Å². The standard InChI is InChI=1S/C21H20O4/c1-12-9-10-16(11-13(12)2)19(22)15(4)24-21(23)20-14(3)17-7-5-6-8-18(17)25-20/h5-11,15H,1-4H3/t15-/m1/s1. The summed E-state index contributed by atoms with van der Waals surface area (Å²) in [5.74, 6) is -0.718. The number of Topliss-reactive ketones (excluding diaryl/α,β-unsaturated/α-hetero) is 1. The molecule has 25 heavy (non-hydrogen) atoms. The number of hydrogen-bond acceptors (Lipinski definition) is 4. The fourth-order valence-corrected chi connectivity index (χ4v) is 2.77. The van der Waals surface area contributed by atoms with Gasteiger partial charge in [0, 0.05) is 16.5 Å². The van der Waals surface area contributed by atoms with Crippen LogP contribution in [-0.4, -0.2) is 17.9 Å². The molecule has 3 rings (SSSR count). The highest BCUT2D eigenvalue weighted by molar-refractivity contribution is 6.02. The van der Waals surface area contributed by atoms with Crippen LogP contribution in [0.25, 0.3) is 11.0 Å². The maximum Gasteiger partial charge on any atom is 0.375 e. The van der Waals surface area contributed by atoms with Gasteiger partial charge in [-0.3, -0.25) is 4.79 Å². The molecule has 4 heteroatoms. The second-order valence-corrected chi connectivity index (χ2v) is 6.26. The van der Waals surface area contributed by atoms with Crippen molar-refractivity contribution >= 4 is 22.7 Å². The molecule has 1 aromatic heterocycles. The van der Waals surface area contributed by atoms with E-state index in [1.54, 1.807) is 26.0 Å². The largest absolute Gasteiger partial charge is 0.449 e. The number of carbonyl (C=O) groups excluding carboxylic acids is 2. The Bertz CT molecular complexity index is 965. The van der Waals surface area contributed by atoms with Crippen LogP contribution in [0.1, 0.15) is 44.5 Å². The van der Waals surface area contributed by atoms with Gasteiger partial charge in [0.2, 0.25) is 11.5 Å². The smallest absolute Gasteiger partial charge is 0.375 e. The van der Waals surface area contributed by atoms with Gasteiger partial charge >= 0.3 is 5.97 Å². The number of rotatable bonds is 4. The summed E-state index contributed by atoms with van der Waals surface area (Å²) in [6, 6.07) is 12.9. The topological polar surface area (TPSA) is 56.5 Å². The van der Waals surface area contributed by atoms with E-state index in [-0.39, 0.29) is 11.5 Å². The molecule has 0 spiro atoms. The molecule has 1 heterocycles. The number of furan rings is 1. The molecule has 0 fully saturated rings. The Morgan fingerprint density at radius 3 is 2.40 bits per heavy atom. The first-order chi connectivity index (χ1) is 11.9. The van der Waals surface area contributed by atoms with Crippen molar-refractivity contribution < 1.29 is 18.7 Å². The lowest BCUT2D eigenvalue weighted by Gasteiger charge is -2.12. The Hall–Kier alpha value is -2.88. The number of ether oxygens (including phenoxy) is 1. The normalized spacial score (nSPS) is 12.2. The van der Waals surface area contributed by atoms with Crippen molar-refractivity contribution in [3.63, 3.8) is 0 Å². The molecule has 0 amide bonds. The number of esters is 1. The van der Waals surface area contributed by atoms with Crippen LogP contribution in [-0.2, 0) is 4.74 Å². The van der Waals surface area contributed by atoms with Crippen molar-refractivity contribution in [3.8, 4) is 0 Å². The second kappa shape index (κ2) is 6.55. The molecule has 0 N–H and O–H groups in total. The monoisotopic (exact) mass is 336 g/mol. The molecular weight excluding hydrogens is 316 g/mol. The number of carbonyl (C=O) groups is 2. The molecule has 0 radical (unpaired) electrons. The van der Waals surface area contributed by atoms with Crippen molar-refractivity contribution in [1.82, 2.24) is 0 Å². The molecule has 128 valence electrons. The van der Waals surface area contributed by atoms with Crippen LogP contribution in [0.5, 0.6) is 0 Å². The summed E-state index contributed by atoms with van der Waals surface area (Å²) >= 11 is 0. The summed E-state index contributed by atoms with van der Waals surface area (Å²) in [5.41, 5.74) is 4.01. The van der Waals surface area contributed by atoms with Crippen LogP contribution in [0.3, 0.4) is 0 Å². The lowest BCUT2D eigenvalue weighted by molar-refractivity contribution is 0.0290. The Balaban J connectivity index is 1.80. The lowest BCUT2D eigenvalue weighted by atomic mass is 10.0. The first kappa shape index (κ1) is 17.0. The van der Waals surface area contributed by atoms with E-state index < -0.39 is 12.1 Å². The molecule has 0 aliphatic rings. The van der Waals surface area contributed by atoms with Gasteiger partial charge in [0.15, 0.2) is 6.10 Å². The number of ketones is 1. The average Bonchev–Trinajstić information content (AvgIpc) is 2.94. The van der Waals surface area contributed by atoms with Gasteiger partial charge in [-0.15, -0.1) is 0 Å². The summed E-state index contributed by atoms with van der Waals surface area (Å²) in [7, 11) is 0. The van der Waals surface area contributed by atoms with Gasteiger partial charge in [-0.05, 0) is 51.0 Å². The van der Waals surface area contributed by atoms with Crippen molar-refractivity contribution in [3.05, 3.63) is 70.5 Å². The fourth-order valence-electron chi connectivity index (χ4n) is 2.77. The first-order valence-electron chi connectivity index (χ1n) is 8.19. The van der Waals surface area contributed by atoms with Crippen molar-refractivity contribution in [2.75, 3.05) is 0 Å². The fraction of sp³-hybridized carbons (Fsp3) is 0.238. The van der Waals surface area contributed by atoms with Gasteiger partial charge in [-0.25, -0.2) is 4.79 Å². The predicted octanol–water partition coefficient (Wildman–Crippen LogP) is 4.79. The van der Waals surface area contributed by atoms with Crippen LogP contribution in [0.2, 0.25) is 0 Å². The zero-order valence-electron chi connectivity index (χ0n) is 14.8. The van der Waals surface area contributed by atoms with E-state index in [0.717, 1.165) is 16.5 Å². The number of fused-ring (bicyclic) bond motifs is 1. The van der Waals surface area contributed by atoms with Crippen molar-refractivity contribution in [2.24, 2.45) is 0 Å². The van der Waals surface area contributed by atoms with Crippen LogP contribution in [0.15, 0.2) is 46.9 Å². The minimum absolute atomic E-state index is 0.140. The van der Waals surface area contributed by atoms with Gasteiger partial charge in [0.25, 0.3) is 0 Å². The summed E-state index contributed by atoms with van der Waals surface area (Å²) in [6.45, 7) is 7.31. The maximum absolute atomic E-state index is 12.5. The van der Waals surface area contributed by atoms with Gasteiger partial charge in [-0.2, -0.15) is 0 Å². The molecule has 1 atom stereocenters. The van der Waals surface area contributed by atoms with Gasteiger partial charge < -0.3 is 9.15 Å². The molecule has 0 saturated carbocycles. The molecule has 3 aromatic rings. The molecule has 0 aliphatic carbocycles. The molecule has 0 unspecified atom stereocenters. The second-order valence-electron chi connectivity index (χ2n) is 6.26. The quantitative estimate of drug-likeness (QED) is 0.508. The van der Waals surface area contributed by atoms with Crippen LogP contribution < -0.4 is 0 Å². The van der Waals surface area contributed by atoms with E-state index in [1.165, 1.54) is 0 Å². The van der Waals surface area contributed by atoms with E-state index in [2.05, 4.69) is 0 Å². The molecule has 0 saturated heterocycles. The highest BCUT2D eigenvalue weighted by Gasteiger charge is 2.24. The van der Waals surface area contributed by atoms with Crippen LogP contribution in [0, 0.1) is 20.8 Å². The SMILES string of the molecule is Cc1ccc(C(=O)[C@@H](C)OC(=O)c2oc3ccccc3c2C)cc1C. The third kappa shape index (κ3) is 3.20. The average molecular weight is 336 g/mol. The number of aryl methyl sites for hydroxylation is 3. The zero-order valence-corrected chi connectivity index (χ0v) is 14.8. The minimum atomic E-state index is -0.887. The van der Waals surface area contributed by atoms with Crippen molar-refractivity contribution in [1.29, 1.82) is 0 Å². The van der Waals surface area contributed by atoms with Crippen LogP contribution >= 0.6 is 0 Å². The first-order valence-corrected chi connectivity index (χ1v) is 8.19. The minimum Gasteiger partial charge on any atom is -0.449 e. The predicted molar refractivity (Wildman–Crippen MR) is 96.1 cm³/mol. The summed E-state index contributed by atoms with van der Waals surface area (Å²) in [5, 5.41) is 0.864. The van der Waals surface area contributed by atoms with E-state index in [9.17, 15) is 9.59 Å². The number of benzene rings is 2. The summed E-state index contributed by atoms with van der Waals surface area (Å²) < 4.78 is 10.9. The Morgan fingerprint density at radius 1 is 1.00 bits per heavy atom. The molecule has 0 bridgehead atoms. The maximum atomic E-state index is 12.5. The third-order valence-electron chi connectivity index (χ3n) is 4.47. The molecule has 4 nitrogen and oxygen atoms in total. The highest BCUT2D eigenvalue weighted by Crippen LogP contribution is 2.26. The summed E-state index contributed by atoms with van der Waals surface area (Å²) in [6.07, 6.45) is -0.887. The lowest BCUT2D eigenvalue weighted by Crippen LogP contribution is -2.24. The molecular formula is C21H20O4. The number of hydrogen-bond donors (Lipinski definition) is 0. The molecule has 2 aromatic carbocycles. The van der Waals surface area contributed by atoms with E-state index >= 15 is 0 Å².